The van der Waals surface area contributed by atoms with Crippen molar-refractivity contribution < 1.29 is 17.4 Å². The van der Waals surface area contributed by atoms with Gasteiger partial charge in [0.1, 0.15) is 11.5 Å². The predicted molar refractivity (Wildman–Crippen MR) is 106 cm³/mol. The van der Waals surface area contributed by atoms with Gasteiger partial charge in [-0.3, -0.25) is 0 Å². The molecule has 0 bridgehead atoms. The molecule has 0 heterocycles. The van der Waals surface area contributed by atoms with Crippen LogP contribution < -0.4 is 4.74 Å². The Kier molecular flexibility index (Phi) is 5.55. The van der Waals surface area contributed by atoms with Crippen LogP contribution in [0, 0.1) is 6.92 Å². The lowest BCUT2D eigenvalue weighted by atomic mass is 10.2. The molecule has 3 aromatic rings. The molecule has 0 spiro atoms. The Labute approximate surface area is 163 Å². The van der Waals surface area contributed by atoms with Crippen LogP contribution in [0.3, 0.4) is 0 Å². The molecule has 0 fully saturated rings. The number of aryl methyl sites for hydroxylation is 1. The summed E-state index contributed by atoms with van der Waals surface area (Å²) in [6.45, 7) is 1.83. The van der Waals surface area contributed by atoms with E-state index < -0.39 is 19.0 Å². The van der Waals surface area contributed by atoms with Gasteiger partial charge in [-0.25, -0.2) is 4.21 Å². The minimum absolute atomic E-state index is 0.0643. The Hall–Kier alpha value is -2.35. The summed E-state index contributed by atoms with van der Waals surface area (Å²) in [4.78, 5) is 0.0192. The molecule has 0 N–H and O–H groups in total. The van der Waals surface area contributed by atoms with Crippen molar-refractivity contribution in [2.45, 2.75) is 16.7 Å². The number of benzene rings is 3. The first-order valence-corrected chi connectivity index (χ1v) is 11.7. The number of hydrogen-bond donors (Lipinski definition) is 0. The van der Waals surface area contributed by atoms with E-state index in [1.54, 1.807) is 36.4 Å². The van der Waals surface area contributed by atoms with Gasteiger partial charge in [0.25, 0.3) is 10.0 Å². The molecule has 1 unspecified atom stereocenters. The summed E-state index contributed by atoms with van der Waals surface area (Å²) in [6, 6.07) is 21.2. The summed E-state index contributed by atoms with van der Waals surface area (Å²) in [5, 5.41) is 0. The first kappa shape index (κ1) is 19.4. The third-order valence-corrected chi connectivity index (χ3v) is 7.92. The van der Waals surface area contributed by atoms with E-state index in [1.807, 2.05) is 25.1 Å². The molecule has 0 aliphatic heterocycles. The van der Waals surface area contributed by atoms with Crippen molar-refractivity contribution in [3.63, 3.8) is 0 Å². The maximum absolute atomic E-state index is 12.7. The van der Waals surface area contributed by atoms with Crippen LogP contribution in [-0.2, 0) is 19.0 Å². The average Bonchev–Trinajstić information content (AvgIpc) is 2.62. The van der Waals surface area contributed by atoms with Gasteiger partial charge in [-0.15, -0.1) is 0 Å². The molecule has 8 heteroatoms. The second-order valence-electron chi connectivity index (χ2n) is 5.71. The molecule has 3 rings (SSSR count). The van der Waals surface area contributed by atoms with Crippen molar-refractivity contribution in [3.05, 3.63) is 84.4 Å². The number of halogens is 1. The maximum atomic E-state index is 12.7. The lowest BCUT2D eigenvalue weighted by Crippen LogP contribution is -2.01. The molecule has 0 amide bonds. The standard InChI is InChI=1S/C19H16ClNO4S2/c1-15-7-11-19(12-8-15)27(23,24)21-26(20,22)18-13-9-17(10-14-18)25-16-5-3-2-4-6-16/h2-14H,1H3. The number of sulfonamides is 1. The van der Waals surface area contributed by atoms with Gasteiger partial charge < -0.3 is 4.74 Å². The van der Waals surface area contributed by atoms with E-state index in [0.29, 0.717) is 11.5 Å². The van der Waals surface area contributed by atoms with Crippen molar-refractivity contribution in [2.75, 3.05) is 0 Å². The second-order valence-corrected chi connectivity index (χ2v) is 10.4. The Morgan fingerprint density at radius 1 is 0.741 bits per heavy atom. The van der Waals surface area contributed by atoms with Crippen LogP contribution in [-0.4, -0.2) is 12.6 Å². The van der Waals surface area contributed by atoms with Crippen molar-refractivity contribution in [1.29, 1.82) is 0 Å². The molecule has 0 saturated carbocycles. The molecular weight excluding hydrogens is 406 g/mol. The molecule has 27 heavy (non-hydrogen) atoms. The van der Waals surface area contributed by atoms with Gasteiger partial charge >= 0.3 is 0 Å². The molecule has 140 valence electrons. The van der Waals surface area contributed by atoms with E-state index in [9.17, 15) is 12.6 Å². The number of ether oxygens (including phenoxy) is 1. The fraction of sp³-hybridized carbons (Fsp3) is 0.0526. The molecule has 0 saturated heterocycles. The van der Waals surface area contributed by atoms with E-state index >= 15 is 0 Å². The highest BCUT2D eigenvalue weighted by atomic mass is 35.7. The van der Waals surface area contributed by atoms with Gasteiger partial charge in [-0.1, -0.05) is 39.7 Å². The maximum Gasteiger partial charge on any atom is 0.291 e. The summed E-state index contributed by atoms with van der Waals surface area (Å²) in [7, 11) is -1.84. The van der Waals surface area contributed by atoms with E-state index in [2.05, 4.69) is 3.77 Å². The molecular formula is C19H16ClNO4S2. The third kappa shape index (κ3) is 4.88. The molecule has 0 aliphatic rings. The van der Waals surface area contributed by atoms with Gasteiger partial charge in [0.05, 0.1) is 9.79 Å². The molecule has 3 aromatic carbocycles. The van der Waals surface area contributed by atoms with Crippen molar-refractivity contribution in [3.8, 4) is 11.5 Å². The number of rotatable bonds is 5. The van der Waals surface area contributed by atoms with Gasteiger partial charge in [-0.05, 0) is 55.5 Å². The highest BCUT2D eigenvalue weighted by Gasteiger charge is 2.19. The Morgan fingerprint density at radius 2 is 1.26 bits per heavy atom. The molecule has 0 aromatic heterocycles. The highest BCUT2D eigenvalue weighted by molar-refractivity contribution is 8.19. The normalized spacial score (nSPS) is 13.6. The van der Waals surface area contributed by atoms with Crippen LogP contribution in [0.4, 0.5) is 0 Å². The van der Waals surface area contributed by atoms with Crippen molar-refractivity contribution in [1.82, 2.24) is 0 Å². The Bertz CT molecular complexity index is 1150. The monoisotopic (exact) mass is 421 g/mol. The summed E-state index contributed by atoms with van der Waals surface area (Å²) in [5.41, 5.74) is 0.898. The third-order valence-electron chi connectivity index (χ3n) is 3.61. The lowest BCUT2D eigenvalue weighted by molar-refractivity contribution is 0.482. The van der Waals surface area contributed by atoms with Crippen LogP contribution in [0.2, 0.25) is 0 Å². The SMILES string of the molecule is Cc1ccc(S(=O)(=O)N=S(=O)(Cl)c2ccc(Oc3ccccc3)cc2)cc1. The van der Waals surface area contributed by atoms with E-state index in [-0.39, 0.29) is 9.79 Å². The first-order valence-electron chi connectivity index (χ1n) is 7.89. The number of nitrogens with zero attached hydrogens (tertiary/aromatic N) is 1. The van der Waals surface area contributed by atoms with Gasteiger partial charge in [0, 0.05) is 10.7 Å². The molecule has 0 radical (unpaired) electrons. The van der Waals surface area contributed by atoms with Crippen molar-refractivity contribution in [2.24, 2.45) is 3.77 Å². The highest BCUT2D eigenvalue weighted by Crippen LogP contribution is 2.27. The largest absolute Gasteiger partial charge is 0.457 e. The topological polar surface area (TPSA) is 72.8 Å². The van der Waals surface area contributed by atoms with Crippen LogP contribution in [0.25, 0.3) is 0 Å². The minimum atomic E-state index is -4.16. The zero-order chi connectivity index (χ0) is 19.5. The Balaban J connectivity index is 1.89. The van der Waals surface area contributed by atoms with Crippen molar-refractivity contribution >= 4 is 29.6 Å². The van der Waals surface area contributed by atoms with Gasteiger partial charge in [0.2, 0.25) is 0 Å². The zero-order valence-electron chi connectivity index (χ0n) is 14.3. The predicted octanol–water partition coefficient (Wildman–Crippen LogP) is 5.16. The molecule has 1 atom stereocenters. The van der Waals surface area contributed by atoms with Gasteiger partial charge in [0.15, 0.2) is 8.94 Å². The summed E-state index contributed by atoms with van der Waals surface area (Å²) >= 11 is 0. The average molecular weight is 422 g/mol. The summed E-state index contributed by atoms with van der Waals surface area (Å²) < 4.78 is 46.6. The lowest BCUT2D eigenvalue weighted by Gasteiger charge is -2.07. The summed E-state index contributed by atoms with van der Waals surface area (Å²) in [6.07, 6.45) is 0. The van der Waals surface area contributed by atoms with Crippen LogP contribution >= 0.6 is 10.7 Å². The number of hydrogen-bond acceptors (Lipinski definition) is 4. The smallest absolute Gasteiger partial charge is 0.291 e. The minimum Gasteiger partial charge on any atom is -0.457 e. The molecule has 5 nitrogen and oxygen atoms in total. The van der Waals surface area contributed by atoms with Crippen LogP contribution in [0.5, 0.6) is 11.5 Å². The fourth-order valence-corrected chi connectivity index (χ4v) is 5.85. The Morgan fingerprint density at radius 3 is 1.85 bits per heavy atom. The quantitative estimate of drug-likeness (QED) is 0.533. The summed E-state index contributed by atoms with van der Waals surface area (Å²) in [5.74, 6) is 1.14. The van der Waals surface area contributed by atoms with Crippen LogP contribution in [0.15, 0.2) is 92.4 Å². The second kappa shape index (κ2) is 7.72. The van der Waals surface area contributed by atoms with E-state index in [0.717, 1.165) is 5.56 Å². The van der Waals surface area contributed by atoms with E-state index in [4.69, 9.17) is 15.4 Å². The fourth-order valence-electron chi connectivity index (χ4n) is 2.22. The van der Waals surface area contributed by atoms with Gasteiger partial charge in [-0.2, -0.15) is 8.42 Å². The molecule has 0 aliphatic carbocycles. The number of para-hydroxylation sites is 1. The van der Waals surface area contributed by atoms with E-state index in [1.165, 1.54) is 24.3 Å². The van der Waals surface area contributed by atoms with Crippen LogP contribution in [0.1, 0.15) is 5.56 Å². The zero-order valence-corrected chi connectivity index (χ0v) is 16.7. The first-order chi connectivity index (χ1) is 12.8.